The minimum Gasteiger partial charge on any atom is -0.396 e. The van der Waals surface area contributed by atoms with Gasteiger partial charge in [-0.3, -0.25) is 4.79 Å². The van der Waals surface area contributed by atoms with Crippen LogP contribution in [-0.4, -0.2) is 24.2 Å². The zero-order valence-corrected chi connectivity index (χ0v) is 7.38. The summed E-state index contributed by atoms with van der Waals surface area (Å²) in [7, 11) is 0. The van der Waals surface area contributed by atoms with Crippen LogP contribution in [-0.2, 0) is 4.79 Å². The Morgan fingerprint density at radius 1 is 1.33 bits per heavy atom. The van der Waals surface area contributed by atoms with E-state index in [2.05, 4.69) is 5.32 Å². The molecule has 1 fully saturated rings. The number of rotatable bonds is 6. The van der Waals surface area contributed by atoms with Crippen molar-refractivity contribution < 1.29 is 9.90 Å². The second kappa shape index (κ2) is 5.14. The number of carbonyl (C=O) groups excluding carboxylic acids is 1. The van der Waals surface area contributed by atoms with Crippen molar-refractivity contribution >= 4 is 5.91 Å². The lowest BCUT2D eigenvalue weighted by atomic mass is 10.2. The van der Waals surface area contributed by atoms with Crippen LogP contribution in [0.3, 0.4) is 0 Å². The summed E-state index contributed by atoms with van der Waals surface area (Å²) in [4.78, 5) is 11.1. The Morgan fingerprint density at radius 2 is 2.08 bits per heavy atom. The second-order valence-corrected chi connectivity index (χ2v) is 3.35. The van der Waals surface area contributed by atoms with Crippen LogP contribution in [0.1, 0.15) is 32.1 Å². The zero-order valence-electron chi connectivity index (χ0n) is 7.38. The van der Waals surface area contributed by atoms with Crippen molar-refractivity contribution in [3.05, 3.63) is 0 Å². The number of unbranched alkanes of at least 4 members (excludes halogenated alkanes) is 2. The second-order valence-electron chi connectivity index (χ2n) is 3.35. The Bertz CT molecular complexity index is 143. The standard InChI is InChI=1S/C9H17NO2/c11-7-3-1-2-6-10-9(12)8-4-5-8/h8,11H,1-7H2,(H,10,12). The van der Waals surface area contributed by atoms with E-state index in [1.165, 1.54) is 0 Å². The van der Waals surface area contributed by atoms with Gasteiger partial charge in [-0.15, -0.1) is 0 Å². The van der Waals surface area contributed by atoms with E-state index in [9.17, 15) is 4.79 Å². The van der Waals surface area contributed by atoms with Crippen molar-refractivity contribution in [3.63, 3.8) is 0 Å². The van der Waals surface area contributed by atoms with Crippen LogP contribution in [0, 0.1) is 5.92 Å². The van der Waals surface area contributed by atoms with Gasteiger partial charge in [-0.05, 0) is 32.1 Å². The van der Waals surface area contributed by atoms with Crippen molar-refractivity contribution in [1.82, 2.24) is 5.32 Å². The van der Waals surface area contributed by atoms with E-state index in [1.807, 2.05) is 0 Å². The van der Waals surface area contributed by atoms with Crippen molar-refractivity contribution in [2.75, 3.05) is 13.2 Å². The lowest BCUT2D eigenvalue weighted by molar-refractivity contribution is -0.122. The largest absolute Gasteiger partial charge is 0.396 e. The molecule has 0 aliphatic heterocycles. The minimum atomic E-state index is 0.221. The predicted octanol–water partition coefficient (Wildman–Crippen LogP) is 0.675. The minimum absolute atomic E-state index is 0.221. The predicted molar refractivity (Wildman–Crippen MR) is 46.7 cm³/mol. The third-order valence-electron chi connectivity index (χ3n) is 2.08. The van der Waals surface area contributed by atoms with Gasteiger partial charge in [-0.2, -0.15) is 0 Å². The van der Waals surface area contributed by atoms with E-state index in [4.69, 9.17) is 5.11 Å². The number of nitrogens with one attached hydrogen (secondary N) is 1. The molecule has 1 aliphatic carbocycles. The van der Waals surface area contributed by atoms with Crippen LogP contribution < -0.4 is 5.32 Å². The molecule has 3 heteroatoms. The molecule has 0 heterocycles. The van der Waals surface area contributed by atoms with Crippen molar-refractivity contribution in [3.8, 4) is 0 Å². The van der Waals surface area contributed by atoms with E-state index in [-0.39, 0.29) is 12.5 Å². The Labute approximate surface area is 73.2 Å². The SMILES string of the molecule is O=C(NCCCCCO)C1CC1. The van der Waals surface area contributed by atoms with Gasteiger partial charge in [0.2, 0.25) is 5.91 Å². The summed E-state index contributed by atoms with van der Waals surface area (Å²) in [5.41, 5.74) is 0. The van der Waals surface area contributed by atoms with Crippen molar-refractivity contribution in [2.24, 2.45) is 5.92 Å². The summed E-state index contributed by atoms with van der Waals surface area (Å²) in [6.45, 7) is 1.03. The molecule has 70 valence electrons. The molecule has 0 bridgehead atoms. The molecule has 3 nitrogen and oxygen atoms in total. The Kier molecular flexibility index (Phi) is 4.08. The van der Waals surface area contributed by atoms with E-state index in [0.29, 0.717) is 5.92 Å². The van der Waals surface area contributed by atoms with Gasteiger partial charge in [0, 0.05) is 19.1 Å². The molecule has 0 atom stereocenters. The van der Waals surface area contributed by atoms with E-state index < -0.39 is 0 Å². The first kappa shape index (κ1) is 9.52. The third kappa shape index (κ3) is 3.72. The van der Waals surface area contributed by atoms with Crippen LogP contribution in [0.4, 0.5) is 0 Å². The summed E-state index contributed by atoms with van der Waals surface area (Å²) in [5.74, 6) is 0.543. The maximum Gasteiger partial charge on any atom is 0.223 e. The molecule has 2 N–H and O–H groups in total. The molecule has 0 saturated heterocycles. The molecule has 0 aromatic carbocycles. The number of amides is 1. The monoisotopic (exact) mass is 171 g/mol. The van der Waals surface area contributed by atoms with Gasteiger partial charge < -0.3 is 10.4 Å². The third-order valence-corrected chi connectivity index (χ3v) is 2.08. The van der Waals surface area contributed by atoms with Crippen LogP contribution in [0.25, 0.3) is 0 Å². The van der Waals surface area contributed by atoms with Gasteiger partial charge in [0.1, 0.15) is 0 Å². The average Bonchev–Trinajstić information content (AvgIpc) is 2.86. The highest BCUT2D eigenvalue weighted by molar-refractivity contribution is 5.80. The van der Waals surface area contributed by atoms with Gasteiger partial charge in [-0.25, -0.2) is 0 Å². The lowest BCUT2D eigenvalue weighted by Crippen LogP contribution is -2.25. The first-order valence-corrected chi connectivity index (χ1v) is 4.73. The molecule has 1 amide bonds. The highest BCUT2D eigenvalue weighted by Crippen LogP contribution is 2.28. The summed E-state index contributed by atoms with van der Waals surface area (Å²) < 4.78 is 0. The fourth-order valence-corrected chi connectivity index (χ4v) is 1.12. The van der Waals surface area contributed by atoms with E-state index in [0.717, 1.165) is 38.6 Å². The highest BCUT2D eigenvalue weighted by atomic mass is 16.2. The van der Waals surface area contributed by atoms with Gasteiger partial charge >= 0.3 is 0 Å². The van der Waals surface area contributed by atoms with Crippen LogP contribution in [0.5, 0.6) is 0 Å². The van der Waals surface area contributed by atoms with E-state index >= 15 is 0 Å². The summed E-state index contributed by atoms with van der Waals surface area (Å²) >= 11 is 0. The van der Waals surface area contributed by atoms with E-state index in [1.54, 1.807) is 0 Å². The normalized spacial score (nSPS) is 16.1. The van der Waals surface area contributed by atoms with Crippen LogP contribution in [0.2, 0.25) is 0 Å². The maximum absolute atomic E-state index is 11.1. The van der Waals surface area contributed by atoms with Gasteiger partial charge in [0.25, 0.3) is 0 Å². The number of carbonyl (C=O) groups is 1. The molecule has 0 unspecified atom stereocenters. The van der Waals surface area contributed by atoms with Gasteiger partial charge in [0.15, 0.2) is 0 Å². The topological polar surface area (TPSA) is 49.3 Å². The molecular formula is C9H17NO2. The molecular weight excluding hydrogens is 154 g/mol. The van der Waals surface area contributed by atoms with Crippen LogP contribution >= 0.6 is 0 Å². The quantitative estimate of drug-likeness (QED) is 0.577. The average molecular weight is 171 g/mol. The molecule has 0 aromatic rings. The molecule has 0 spiro atoms. The molecule has 0 radical (unpaired) electrons. The van der Waals surface area contributed by atoms with Gasteiger partial charge in [0.05, 0.1) is 0 Å². The lowest BCUT2D eigenvalue weighted by Gasteiger charge is -2.02. The maximum atomic E-state index is 11.1. The summed E-state index contributed by atoms with van der Waals surface area (Å²) in [5, 5.41) is 11.4. The number of hydrogen-bond donors (Lipinski definition) is 2. The van der Waals surface area contributed by atoms with Crippen LogP contribution in [0.15, 0.2) is 0 Å². The first-order valence-electron chi connectivity index (χ1n) is 4.73. The molecule has 0 aromatic heterocycles. The Morgan fingerprint density at radius 3 is 2.67 bits per heavy atom. The zero-order chi connectivity index (χ0) is 8.81. The Balaban J connectivity index is 1.84. The molecule has 1 rings (SSSR count). The number of aliphatic hydroxyl groups is 1. The molecule has 1 saturated carbocycles. The van der Waals surface area contributed by atoms with Gasteiger partial charge in [-0.1, -0.05) is 0 Å². The smallest absolute Gasteiger partial charge is 0.223 e. The molecule has 12 heavy (non-hydrogen) atoms. The summed E-state index contributed by atoms with van der Waals surface area (Å²) in [6.07, 6.45) is 4.98. The fraction of sp³-hybridized carbons (Fsp3) is 0.889. The van der Waals surface area contributed by atoms with Crippen molar-refractivity contribution in [1.29, 1.82) is 0 Å². The highest BCUT2D eigenvalue weighted by Gasteiger charge is 2.28. The number of aliphatic hydroxyl groups excluding tert-OH is 1. The molecule has 1 aliphatic rings. The fourth-order valence-electron chi connectivity index (χ4n) is 1.12. The first-order chi connectivity index (χ1) is 5.84. The number of hydrogen-bond acceptors (Lipinski definition) is 2. The Hall–Kier alpha value is -0.570. The van der Waals surface area contributed by atoms with Crippen molar-refractivity contribution in [2.45, 2.75) is 32.1 Å². The summed E-state index contributed by atoms with van der Waals surface area (Å²) in [6, 6.07) is 0.